The van der Waals surface area contributed by atoms with E-state index < -0.39 is 86.5 Å². The minimum Gasteiger partial charge on any atom is -0.421 e. The fourth-order valence-electron chi connectivity index (χ4n) is 4.32. The molecule has 2 aliphatic heterocycles. The predicted octanol–water partition coefficient (Wildman–Crippen LogP) is 7.92. The van der Waals surface area contributed by atoms with Crippen molar-refractivity contribution in [3.8, 4) is 23.0 Å². The van der Waals surface area contributed by atoms with E-state index in [2.05, 4.69) is 39.0 Å². The molecule has 2 heterocycles. The molecule has 0 unspecified atom stereocenters. The fraction of sp³-hybridized carbons (Fsp3) is 0.435. The molecule has 0 bridgehead atoms. The molecule has 0 N–H and O–H groups in total. The van der Waals surface area contributed by atoms with Gasteiger partial charge in [0.1, 0.15) is 0 Å². The summed E-state index contributed by atoms with van der Waals surface area (Å²) in [5.41, 5.74) is 11.4. The third-order valence-corrected chi connectivity index (χ3v) is 6.16. The molecule has 0 radical (unpaired) electrons. The van der Waals surface area contributed by atoms with Crippen molar-refractivity contribution in [2.24, 2.45) is 10.2 Å². The Morgan fingerprint density at radius 3 is 1.26 bits per heavy atom. The zero-order chi connectivity index (χ0) is 31.7. The zero-order valence-electron chi connectivity index (χ0n) is 21.6. The Kier molecular flexibility index (Phi) is 6.64. The standard InChI is InChI=1S/C23H16F8N6O5/c1-18(2,34-36-32)13-9(5-7-11-16(13)41-22(28,29)20(24,25)39-11)15(38)10-6-8-12-17(14(10)19(3,4)35-37-33)42-23(30,31)21(26,27)40-12/h5-8H,1-4H3. The molecular weight excluding hydrogens is 592 g/mol. The predicted molar refractivity (Wildman–Crippen MR) is 123 cm³/mol. The SMILES string of the molecule is CC(C)(N=[N+]=[N-])c1c(C(=O)c2ccc3c(c2C(C)(C)N=[N+]=[N-])OC(F)(F)C(F)(F)O3)ccc2c1OC(F)(F)C(F)(F)O2. The molecule has 19 heteroatoms. The van der Waals surface area contributed by atoms with Crippen molar-refractivity contribution < 1.29 is 58.9 Å². The number of benzene rings is 2. The number of nitrogens with zero attached hydrogens (tertiary/aromatic N) is 6. The first-order valence-electron chi connectivity index (χ1n) is 11.4. The summed E-state index contributed by atoms with van der Waals surface area (Å²) in [6.07, 6.45) is -20.8. The second-order valence-corrected chi connectivity index (χ2v) is 9.93. The minimum absolute atomic E-state index is 0.659. The summed E-state index contributed by atoms with van der Waals surface area (Å²) in [6, 6.07) is 2.93. The van der Waals surface area contributed by atoms with Gasteiger partial charge in [-0.1, -0.05) is 10.2 Å². The number of hydrogen-bond donors (Lipinski definition) is 0. The third-order valence-electron chi connectivity index (χ3n) is 6.16. The molecule has 0 saturated carbocycles. The van der Waals surface area contributed by atoms with Crippen LogP contribution in [0.15, 0.2) is 34.5 Å². The number of alkyl halides is 8. The maximum Gasteiger partial charge on any atom is 0.507 e. The second-order valence-electron chi connectivity index (χ2n) is 9.93. The van der Waals surface area contributed by atoms with Gasteiger partial charge in [-0.3, -0.25) is 4.79 Å². The highest BCUT2D eigenvalue weighted by molar-refractivity contribution is 6.12. The summed E-state index contributed by atoms with van der Waals surface area (Å²) in [4.78, 5) is 19.2. The number of carbonyl (C=O) groups is 1. The van der Waals surface area contributed by atoms with Crippen LogP contribution in [-0.4, -0.2) is 30.2 Å². The van der Waals surface area contributed by atoms with Gasteiger partial charge < -0.3 is 18.9 Å². The van der Waals surface area contributed by atoms with Gasteiger partial charge in [-0.25, -0.2) is 0 Å². The van der Waals surface area contributed by atoms with E-state index in [4.69, 9.17) is 11.1 Å². The quantitative estimate of drug-likeness (QED) is 0.107. The summed E-state index contributed by atoms with van der Waals surface area (Å²) in [5.74, 6) is -5.45. The molecule has 0 atom stereocenters. The van der Waals surface area contributed by atoms with Crippen LogP contribution in [0.3, 0.4) is 0 Å². The van der Waals surface area contributed by atoms with Gasteiger partial charge in [0.25, 0.3) is 0 Å². The van der Waals surface area contributed by atoms with Crippen LogP contribution in [0.2, 0.25) is 0 Å². The van der Waals surface area contributed by atoms with Crippen LogP contribution in [0.4, 0.5) is 35.1 Å². The molecule has 2 aliphatic rings. The van der Waals surface area contributed by atoms with E-state index in [1.165, 1.54) is 0 Å². The second kappa shape index (κ2) is 9.19. The van der Waals surface area contributed by atoms with E-state index >= 15 is 0 Å². The number of azide groups is 2. The van der Waals surface area contributed by atoms with Gasteiger partial charge in [0.05, 0.1) is 11.1 Å². The third kappa shape index (κ3) is 4.59. The monoisotopic (exact) mass is 608 g/mol. The number of ketones is 1. The molecule has 11 nitrogen and oxygen atoms in total. The highest BCUT2D eigenvalue weighted by atomic mass is 19.3. The van der Waals surface area contributed by atoms with E-state index in [-0.39, 0.29) is 0 Å². The van der Waals surface area contributed by atoms with Crippen molar-refractivity contribution in [2.75, 3.05) is 0 Å². The van der Waals surface area contributed by atoms with E-state index in [9.17, 15) is 39.9 Å². The lowest BCUT2D eigenvalue weighted by Crippen LogP contribution is -2.52. The summed E-state index contributed by atoms with van der Waals surface area (Å²) in [5, 5.41) is 6.86. The van der Waals surface area contributed by atoms with Crippen LogP contribution in [0.5, 0.6) is 23.0 Å². The van der Waals surface area contributed by atoms with Crippen LogP contribution in [0, 0.1) is 0 Å². The Bertz CT molecular complexity index is 1480. The lowest BCUT2D eigenvalue weighted by Gasteiger charge is -2.36. The van der Waals surface area contributed by atoms with Crippen LogP contribution in [0.1, 0.15) is 54.7 Å². The number of rotatable bonds is 6. The van der Waals surface area contributed by atoms with E-state index in [0.29, 0.717) is 12.1 Å². The Labute approximate surface area is 229 Å². The van der Waals surface area contributed by atoms with Crippen molar-refractivity contribution >= 4 is 5.78 Å². The zero-order valence-corrected chi connectivity index (χ0v) is 21.6. The van der Waals surface area contributed by atoms with Crippen LogP contribution < -0.4 is 18.9 Å². The van der Waals surface area contributed by atoms with E-state index in [1.54, 1.807) is 0 Å². The summed E-state index contributed by atoms with van der Waals surface area (Å²) in [6.45, 7) is 4.41. The normalized spacial score (nSPS) is 19.1. The number of hydrogen-bond acceptors (Lipinski definition) is 7. The van der Waals surface area contributed by atoms with Gasteiger partial charge in [-0.05, 0) is 63.0 Å². The molecule has 0 fully saturated rings. The summed E-state index contributed by atoms with van der Waals surface area (Å²) in [7, 11) is 0. The highest BCUT2D eigenvalue weighted by Crippen LogP contribution is 2.54. The smallest absolute Gasteiger partial charge is 0.421 e. The van der Waals surface area contributed by atoms with Crippen LogP contribution >= 0.6 is 0 Å². The molecular formula is C23H16F8N6O5. The first-order valence-corrected chi connectivity index (χ1v) is 11.4. The lowest BCUT2D eigenvalue weighted by molar-refractivity contribution is -0.391. The average molecular weight is 608 g/mol. The van der Waals surface area contributed by atoms with Gasteiger partial charge in [0, 0.05) is 32.1 Å². The Balaban J connectivity index is 2.05. The topological polar surface area (TPSA) is 152 Å². The number of carbonyl (C=O) groups excluding carboxylic acids is 1. The van der Waals surface area contributed by atoms with Crippen molar-refractivity contribution in [2.45, 2.75) is 63.2 Å². The molecule has 0 aliphatic carbocycles. The Morgan fingerprint density at radius 2 is 0.952 bits per heavy atom. The molecule has 0 spiro atoms. The number of ether oxygens (including phenoxy) is 4. The van der Waals surface area contributed by atoms with Crippen molar-refractivity contribution in [3.05, 3.63) is 67.4 Å². The average Bonchev–Trinajstić information content (AvgIpc) is 2.83. The van der Waals surface area contributed by atoms with Gasteiger partial charge in [0.2, 0.25) is 0 Å². The maximum atomic E-state index is 14.2. The van der Waals surface area contributed by atoms with Crippen molar-refractivity contribution in [1.29, 1.82) is 0 Å². The van der Waals surface area contributed by atoms with Crippen LogP contribution in [-0.2, 0) is 11.1 Å². The first kappa shape index (κ1) is 30.3. The largest absolute Gasteiger partial charge is 0.507 e. The van der Waals surface area contributed by atoms with Gasteiger partial charge >= 0.3 is 24.4 Å². The van der Waals surface area contributed by atoms with Gasteiger partial charge in [-0.15, -0.1) is 0 Å². The van der Waals surface area contributed by atoms with Crippen molar-refractivity contribution in [3.63, 3.8) is 0 Å². The first-order chi connectivity index (χ1) is 19.1. The molecule has 0 aromatic heterocycles. The fourth-order valence-corrected chi connectivity index (χ4v) is 4.32. The molecule has 2 aromatic carbocycles. The summed E-state index contributed by atoms with van der Waals surface area (Å²) < 4.78 is 129. The van der Waals surface area contributed by atoms with E-state index in [0.717, 1.165) is 39.8 Å². The summed E-state index contributed by atoms with van der Waals surface area (Å²) >= 11 is 0. The molecule has 42 heavy (non-hydrogen) atoms. The Morgan fingerprint density at radius 1 is 0.643 bits per heavy atom. The number of fused-ring (bicyclic) bond motifs is 2. The molecule has 224 valence electrons. The van der Waals surface area contributed by atoms with Crippen molar-refractivity contribution in [1.82, 2.24) is 0 Å². The number of halogens is 8. The van der Waals surface area contributed by atoms with E-state index in [1.807, 2.05) is 0 Å². The lowest BCUT2D eigenvalue weighted by atomic mass is 9.82. The molecule has 0 saturated heterocycles. The van der Waals surface area contributed by atoms with Crippen LogP contribution in [0.25, 0.3) is 20.9 Å². The van der Waals surface area contributed by atoms with Gasteiger partial charge in [0.15, 0.2) is 28.8 Å². The minimum atomic E-state index is -5.27. The van der Waals surface area contributed by atoms with Gasteiger partial charge in [-0.2, -0.15) is 35.1 Å². The molecule has 4 rings (SSSR count). The highest BCUT2D eigenvalue weighted by Gasteiger charge is 2.67. The molecule has 2 aromatic rings. The molecule has 0 amide bonds. The Hall–Kier alpha value is -4.63. The maximum absolute atomic E-state index is 14.2.